The summed E-state index contributed by atoms with van der Waals surface area (Å²) in [6.45, 7) is 1.70. The molecule has 1 aromatic rings. The number of aliphatic hydroxyl groups is 1. The molecule has 0 aromatic heterocycles. The average Bonchev–Trinajstić information content (AvgIpc) is 3.05. The number of ether oxygens (including phenoxy) is 3. The zero-order valence-corrected chi connectivity index (χ0v) is 11.8. The molecule has 20 heavy (non-hydrogen) atoms. The summed E-state index contributed by atoms with van der Waals surface area (Å²) in [5.41, 5.74) is 0.922. The third-order valence-electron chi connectivity index (χ3n) is 4.47. The molecular weight excluding hydrogens is 256 g/mol. The lowest BCUT2D eigenvalue weighted by Crippen LogP contribution is -2.18. The van der Waals surface area contributed by atoms with Crippen LogP contribution in [0.1, 0.15) is 24.5 Å². The van der Waals surface area contributed by atoms with Crippen molar-refractivity contribution in [3.05, 3.63) is 29.8 Å². The Morgan fingerprint density at radius 3 is 2.60 bits per heavy atom. The zero-order valence-electron chi connectivity index (χ0n) is 11.8. The molecule has 2 aliphatic rings. The monoisotopic (exact) mass is 278 g/mol. The van der Waals surface area contributed by atoms with Gasteiger partial charge in [0.25, 0.3) is 0 Å². The van der Waals surface area contributed by atoms with E-state index in [1.165, 1.54) is 0 Å². The molecule has 1 N–H and O–H groups in total. The Labute approximate surface area is 119 Å². The SMILES string of the molecule is COc1ccccc1[C@H](CO)OC1C[C@H]2COC[C@@H]2C1. The van der Waals surface area contributed by atoms with Crippen LogP contribution in [0.25, 0.3) is 0 Å². The highest BCUT2D eigenvalue weighted by molar-refractivity contribution is 5.35. The quantitative estimate of drug-likeness (QED) is 0.896. The maximum Gasteiger partial charge on any atom is 0.124 e. The third-order valence-corrected chi connectivity index (χ3v) is 4.47. The van der Waals surface area contributed by atoms with Crippen LogP contribution in [0.5, 0.6) is 5.75 Å². The van der Waals surface area contributed by atoms with Crippen LogP contribution in [0.15, 0.2) is 24.3 Å². The van der Waals surface area contributed by atoms with Crippen molar-refractivity contribution in [2.45, 2.75) is 25.0 Å². The van der Waals surface area contributed by atoms with Crippen molar-refractivity contribution in [2.24, 2.45) is 11.8 Å². The highest BCUT2D eigenvalue weighted by Crippen LogP contribution is 2.40. The number of hydrogen-bond acceptors (Lipinski definition) is 4. The molecule has 2 fully saturated rings. The minimum atomic E-state index is -0.309. The van der Waals surface area contributed by atoms with Gasteiger partial charge in [0.15, 0.2) is 0 Å². The Morgan fingerprint density at radius 2 is 1.95 bits per heavy atom. The molecule has 1 aliphatic carbocycles. The van der Waals surface area contributed by atoms with Gasteiger partial charge in [0, 0.05) is 18.8 Å². The molecule has 3 rings (SSSR count). The predicted molar refractivity (Wildman–Crippen MR) is 74.7 cm³/mol. The molecule has 0 bridgehead atoms. The van der Waals surface area contributed by atoms with Gasteiger partial charge in [-0.1, -0.05) is 18.2 Å². The summed E-state index contributed by atoms with van der Waals surface area (Å²) < 4.78 is 17.0. The standard InChI is InChI=1S/C16H22O4/c1-18-15-5-3-2-4-14(15)16(8-17)20-13-6-11-9-19-10-12(11)7-13/h2-5,11-13,16-17H,6-10H2,1H3/t11-,12-,16-/m0/s1. The van der Waals surface area contributed by atoms with Crippen molar-refractivity contribution in [3.8, 4) is 5.75 Å². The second-order valence-electron chi connectivity index (χ2n) is 5.70. The van der Waals surface area contributed by atoms with Crippen LogP contribution in [-0.4, -0.2) is 38.1 Å². The average molecular weight is 278 g/mol. The van der Waals surface area contributed by atoms with Crippen molar-refractivity contribution in [1.82, 2.24) is 0 Å². The van der Waals surface area contributed by atoms with Gasteiger partial charge in [-0.25, -0.2) is 0 Å². The summed E-state index contributed by atoms with van der Waals surface area (Å²) >= 11 is 0. The number of aliphatic hydroxyl groups excluding tert-OH is 1. The topological polar surface area (TPSA) is 47.9 Å². The van der Waals surface area contributed by atoms with E-state index in [4.69, 9.17) is 14.2 Å². The molecule has 1 saturated carbocycles. The summed E-state index contributed by atoms with van der Waals surface area (Å²) in [6.07, 6.45) is 1.99. The Hall–Kier alpha value is -1.10. The summed E-state index contributed by atoms with van der Waals surface area (Å²) in [5.74, 6) is 2.04. The van der Waals surface area contributed by atoms with Crippen molar-refractivity contribution < 1.29 is 19.3 Å². The Kier molecular flexibility index (Phi) is 4.24. The minimum absolute atomic E-state index is 0.0251. The number of hydrogen-bond donors (Lipinski definition) is 1. The fourth-order valence-corrected chi connectivity index (χ4v) is 3.43. The summed E-state index contributed by atoms with van der Waals surface area (Å²) in [6, 6.07) is 7.73. The smallest absolute Gasteiger partial charge is 0.124 e. The normalized spacial score (nSPS) is 27.5. The summed E-state index contributed by atoms with van der Waals surface area (Å²) in [5, 5.41) is 9.66. The molecule has 3 atom stereocenters. The lowest BCUT2D eigenvalue weighted by atomic mass is 10.0. The fraction of sp³-hybridized carbons (Fsp3) is 0.625. The van der Waals surface area contributed by atoms with E-state index >= 15 is 0 Å². The summed E-state index contributed by atoms with van der Waals surface area (Å²) in [4.78, 5) is 0. The second kappa shape index (κ2) is 6.12. The van der Waals surface area contributed by atoms with E-state index in [0.29, 0.717) is 11.8 Å². The molecule has 1 aliphatic heterocycles. The number of rotatable bonds is 5. The van der Waals surface area contributed by atoms with Crippen molar-refractivity contribution in [2.75, 3.05) is 26.9 Å². The lowest BCUT2D eigenvalue weighted by Gasteiger charge is -2.23. The van der Waals surface area contributed by atoms with Crippen LogP contribution >= 0.6 is 0 Å². The van der Waals surface area contributed by atoms with Crippen LogP contribution in [0.3, 0.4) is 0 Å². The molecule has 1 aromatic carbocycles. The molecule has 4 heteroatoms. The Bertz CT molecular complexity index is 436. The number of fused-ring (bicyclic) bond motifs is 1. The van der Waals surface area contributed by atoms with Gasteiger partial charge in [0.2, 0.25) is 0 Å². The van der Waals surface area contributed by atoms with Crippen molar-refractivity contribution in [3.63, 3.8) is 0 Å². The Balaban J connectivity index is 1.68. The maximum atomic E-state index is 9.66. The maximum absolute atomic E-state index is 9.66. The van der Waals surface area contributed by atoms with E-state index in [0.717, 1.165) is 37.4 Å². The van der Waals surface area contributed by atoms with E-state index in [-0.39, 0.29) is 18.8 Å². The van der Waals surface area contributed by atoms with Crippen LogP contribution in [0.2, 0.25) is 0 Å². The predicted octanol–water partition coefficient (Wildman–Crippen LogP) is 2.17. The second-order valence-corrected chi connectivity index (χ2v) is 5.70. The van der Waals surface area contributed by atoms with Gasteiger partial charge in [-0.05, 0) is 30.7 Å². The van der Waals surface area contributed by atoms with Crippen LogP contribution in [0, 0.1) is 11.8 Å². The lowest BCUT2D eigenvalue weighted by molar-refractivity contribution is -0.0450. The first kappa shape index (κ1) is 13.9. The van der Waals surface area contributed by atoms with Gasteiger partial charge in [-0.2, -0.15) is 0 Å². The molecule has 0 amide bonds. The molecule has 110 valence electrons. The highest BCUT2D eigenvalue weighted by Gasteiger charge is 2.39. The van der Waals surface area contributed by atoms with E-state index in [1.54, 1.807) is 7.11 Å². The first-order chi connectivity index (χ1) is 9.81. The van der Waals surface area contributed by atoms with Gasteiger partial charge in [0.1, 0.15) is 11.9 Å². The van der Waals surface area contributed by atoms with Crippen LogP contribution in [-0.2, 0) is 9.47 Å². The first-order valence-electron chi connectivity index (χ1n) is 7.28. The van der Waals surface area contributed by atoms with Gasteiger partial charge >= 0.3 is 0 Å². The third kappa shape index (κ3) is 2.68. The fourth-order valence-electron chi connectivity index (χ4n) is 3.43. The molecule has 1 saturated heterocycles. The van der Waals surface area contributed by atoms with Crippen molar-refractivity contribution in [1.29, 1.82) is 0 Å². The molecule has 4 nitrogen and oxygen atoms in total. The van der Waals surface area contributed by atoms with E-state index < -0.39 is 0 Å². The van der Waals surface area contributed by atoms with Crippen LogP contribution < -0.4 is 4.74 Å². The number of para-hydroxylation sites is 1. The zero-order chi connectivity index (χ0) is 13.9. The van der Waals surface area contributed by atoms with E-state index in [9.17, 15) is 5.11 Å². The van der Waals surface area contributed by atoms with Gasteiger partial charge in [-0.3, -0.25) is 0 Å². The number of benzene rings is 1. The molecule has 0 spiro atoms. The Morgan fingerprint density at radius 1 is 1.25 bits per heavy atom. The summed E-state index contributed by atoms with van der Waals surface area (Å²) in [7, 11) is 1.64. The largest absolute Gasteiger partial charge is 0.496 e. The number of methoxy groups -OCH3 is 1. The molecule has 0 unspecified atom stereocenters. The molecule has 0 radical (unpaired) electrons. The minimum Gasteiger partial charge on any atom is -0.496 e. The van der Waals surface area contributed by atoms with E-state index in [1.807, 2.05) is 24.3 Å². The van der Waals surface area contributed by atoms with Crippen molar-refractivity contribution >= 4 is 0 Å². The molecule has 1 heterocycles. The van der Waals surface area contributed by atoms with E-state index in [2.05, 4.69) is 0 Å². The van der Waals surface area contributed by atoms with Gasteiger partial charge < -0.3 is 19.3 Å². The highest BCUT2D eigenvalue weighted by atomic mass is 16.5. The van der Waals surface area contributed by atoms with Gasteiger partial charge in [-0.15, -0.1) is 0 Å². The van der Waals surface area contributed by atoms with Crippen LogP contribution in [0.4, 0.5) is 0 Å². The first-order valence-corrected chi connectivity index (χ1v) is 7.28. The molecular formula is C16H22O4. The van der Waals surface area contributed by atoms with Gasteiger partial charge in [0.05, 0.1) is 19.8 Å².